The zero-order valence-electron chi connectivity index (χ0n) is 13.5. The van der Waals surface area contributed by atoms with Crippen molar-refractivity contribution in [3.05, 3.63) is 77.0 Å². The molecule has 0 radical (unpaired) electrons. The van der Waals surface area contributed by atoms with Crippen molar-refractivity contribution in [3.63, 3.8) is 0 Å². The van der Waals surface area contributed by atoms with Crippen molar-refractivity contribution in [3.8, 4) is 17.0 Å². The number of para-hydroxylation sites is 1. The summed E-state index contributed by atoms with van der Waals surface area (Å²) in [7, 11) is 0. The molecule has 0 saturated heterocycles. The maximum absolute atomic E-state index is 12.0. The Hall–Kier alpha value is -3.81. The highest BCUT2D eigenvalue weighted by Gasteiger charge is 2.10. The number of nitro benzene ring substituents is 1. The minimum absolute atomic E-state index is 0.0389. The van der Waals surface area contributed by atoms with Crippen molar-refractivity contribution in [2.24, 2.45) is 0 Å². The molecule has 0 saturated carbocycles. The van der Waals surface area contributed by atoms with Crippen LogP contribution in [0.25, 0.3) is 11.3 Å². The maximum atomic E-state index is 12.0. The zero-order chi connectivity index (χ0) is 18.4. The van der Waals surface area contributed by atoms with Crippen LogP contribution in [0.15, 0.2) is 66.9 Å². The number of hydrogen-bond acceptors (Lipinski definition) is 6. The van der Waals surface area contributed by atoms with Gasteiger partial charge in [-0.25, -0.2) is 9.97 Å². The number of nitrogens with zero attached hydrogens (tertiary/aromatic N) is 3. The Morgan fingerprint density at radius 2 is 1.92 bits per heavy atom. The molecule has 3 aromatic rings. The van der Waals surface area contributed by atoms with Gasteiger partial charge in [0.2, 0.25) is 5.95 Å². The summed E-state index contributed by atoms with van der Waals surface area (Å²) in [5.74, 6) is 0.259. The zero-order valence-corrected chi connectivity index (χ0v) is 13.5. The highest BCUT2D eigenvalue weighted by atomic mass is 16.6. The number of amides is 1. The first-order chi connectivity index (χ1) is 12.6. The second kappa shape index (κ2) is 7.84. The third-order valence-corrected chi connectivity index (χ3v) is 3.37. The molecule has 0 fully saturated rings. The monoisotopic (exact) mass is 350 g/mol. The van der Waals surface area contributed by atoms with E-state index in [2.05, 4.69) is 15.3 Å². The van der Waals surface area contributed by atoms with Crippen molar-refractivity contribution in [1.82, 2.24) is 9.97 Å². The van der Waals surface area contributed by atoms with Gasteiger partial charge < -0.3 is 4.74 Å². The van der Waals surface area contributed by atoms with E-state index in [1.165, 1.54) is 18.3 Å². The van der Waals surface area contributed by atoms with Crippen LogP contribution in [0, 0.1) is 10.1 Å². The number of ether oxygens (including phenoxy) is 1. The molecule has 0 spiro atoms. The number of aromatic nitrogens is 2. The fraction of sp³-hybridized carbons (Fsp3) is 0.0556. The van der Waals surface area contributed by atoms with Gasteiger partial charge in [0.15, 0.2) is 6.61 Å². The average molecular weight is 350 g/mol. The van der Waals surface area contributed by atoms with Crippen LogP contribution in [0.4, 0.5) is 11.6 Å². The summed E-state index contributed by atoms with van der Waals surface area (Å²) in [6.07, 6.45) is 1.47. The van der Waals surface area contributed by atoms with E-state index in [0.717, 1.165) is 0 Å². The SMILES string of the molecule is O=C(COc1ccccc1)Nc1nccc(-c2cccc([N+](=O)[O-])c2)n1. The molecule has 3 rings (SSSR count). The highest BCUT2D eigenvalue weighted by Crippen LogP contribution is 2.22. The van der Waals surface area contributed by atoms with Gasteiger partial charge in [-0.05, 0) is 18.2 Å². The molecule has 130 valence electrons. The van der Waals surface area contributed by atoms with Gasteiger partial charge in [-0.15, -0.1) is 0 Å². The Bertz CT molecular complexity index is 931. The molecule has 8 nitrogen and oxygen atoms in total. The van der Waals surface area contributed by atoms with Crippen LogP contribution in [0.5, 0.6) is 5.75 Å². The molecule has 1 heterocycles. The van der Waals surface area contributed by atoms with E-state index in [1.807, 2.05) is 6.07 Å². The molecule has 8 heteroatoms. The Morgan fingerprint density at radius 3 is 2.69 bits per heavy atom. The summed E-state index contributed by atoms with van der Waals surface area (Å²) in [5.41, 5.74) is 0.976. The normalized spacial score (nSPS) is 10.2. The Labute approximate surface area is 148 Å². The first-order valence-corrected chi connectivity index (χ1v) is 7.67. The third-order valence-electron chi connectivity index (χ3n) is 3.37. The number of nitrogens with one attached hydrogen (secondary N) is 1. The fourth-order valence-corrected chi connectivity index (χ4v) is 2.18. The second-order valence-electron chi connectivity index (χ2n) is 5.22. The predicted molar refractivity (Wildman–Crippen MR) is 94.7 cm³/mol. The fourth-order valence-electron chi connectivity index (χ4n) is 2.18. The van der Waals surface area contributed by atoms with Crippen LogP contribution in [0.3, 0.4) is 0 Å². The molecule has 0 aliphatic rings. The molecule has 1 N–H and O–H groups in total. The number of carbonyl (C=O) groups is 1. The maximum Gasteiger partial charge on any atom is 0.270 e. The minimum atomic E-state index is -0.478. The molecule has 0 unspecified atom stereocenters. The largest absolute Gasteiger partial charge is 0.484 e. The lowest BCUT2D eigenvalue weighted by atomic mass is 10.1. The van der Waals surface area contributed by atoms with Crippen molar-refractivity contribution >= 4 is 17.5 Å². The van der Waals surface area contributed by atoms with Gasteiger partial charge in [0.1, 0.15) is 5.75 Å². The molecule has 0 aliphatic carbocycles. The second-order valence-corrected chi connectivity index (χ2v) is 5.22. The molecule has 2 aromatic carbocycles. The first-order valence-electron chi connectivity index (χ1n) is 7.67. The van der Waals surface area contributed by atoms with E-state index >= 15 is 0 Å². The third kappa shape index (κ3) is 4.38. The summed E-state index contributed by atoms with van der Waals surface area (Å²) in [6.45, 7) is -0.186. The lowest BCUT2D eigenvalue weighted by Gasteiger charge is -2.07. The summed E-state index contributed by atoms with van der Waals surface area (Å²) in [5, 5.41) is 13.4. The molecular weight excluding hydrogens is 336 g/mol. The topological polar surface area (TPSA) is 107 Å². The number of carbonyl (C=O) groups excluding carboxylic acids is 1. The standard InChI is InChI=1S/C18H14N4O4/c23-17(12-26-15-7-2-1-3-8-15)21-18-19-10-9-16(20-18)13-5-4-6-14(11-13)22(24)25/h1-11H,12H2,(H,19,20,21,23). The quantitative estimate of drug-likeness (QED) is 0.541. The molecule has 0 aliphatic heterocycles. The summed E-state index contributed by atoms with van der Waals surface area (Å²) >= 11 is 0. The smallest absolute Gasteiger partial charge is 0.270 e. The van der Waals surface area contributed by atoms with Gasteiger partial charge in [0.25, 0.3) is 11.6 Å². The Morgan fingerprint density at radius 1 is 1.12 bits per heavy atom. The van der Waals surface area contributed by atoms with Gasteiger partial charge in [-0.2, -0.15) is 0 Å². The van der Waals surface area contributed by atoms with E-state index in [0.29, 0.717) is 17.0 Å². The van der Waals surface area contributed by atoms with Gasteiger partial charge in [0, 0.05) is 23.9 Å². The minimum Gasteiger partial charge on any atom is -0.484 e. The Balaban J connectivity index is 1.68. The summed E-state index contributed by atoms with van der Waals surface area (Å²) in [4.78, 5) is 30.6. The van der Waals surface area contributed by atoms with E-state index in [9.17, 15) is 14.9 Å². The van der Waals surface area contributed by atoms with Crippen molar-refractivity contribution in [1.29, 1.82) is 0 Å². The predicted octanol–water partition coefficient (Wildman–Crippen LogP) is 3.07. The van der Waals surface area contributed by atoms with Crippen LogP contribution < -0.4 is 10.1 Å². The lowest BCUT2D eigenvalue weighted by molar-refractivity contribution is -0.384. The van der Waals surface area contributed by atoms with Gasteiger partial charge in [-0.3, -0.25) is 20.2 Å². The van der Waals surface area contributed by atoms with Crippen molar-refractivity contribution in [2.45, 2.75) is 0 Å². The van der Waals surface area contributed by atoms with Crippen molar-refractivity contribution in [2.75, 3.05) is 11.9 Å². The number of anilines is 1. The summed E-state index contributed by atoms with van der Waals surface area (Å²) < 4.78 is 5.35. The van der Waals surface area contributed by atoms with Crippen LogP contribution in [-0.2, 0) is 4.79 Å². The number of non-ortho nitro benzene ring substituents is 1. The first kappa shape index (κ1) is 17.0. The van der Waals surface area contributed by atoms with E-state index in [1.54, 1.807) is 42.5 Å². The van der Waals surface area contributed by atoms with Crippen LogP contribution in [-0.4, -0.2) is 27.4 Å². The van der Waals surface area contributed by atoms with E-state index in [4.69, 9.17) is 4.74 Å². The number of benzene rings is 2. The lowest BCUT2D eigenvalue weighted by Crippen LogP contribution is -2.21. The number of rotatable bonds is 6. The highest BCUT2D eigenvalue weighted by molar-refractivity contribution is 5.90. The molecule has 1 aromatic heterocycles. The molecule has 1 amide bonds. The molecule has 0 bridgehead atoms. The summed E-state index contributed by atoms with van der Waals surface area (Å²) in [6, 6.07) is 16.6. The van der Waals surface area contributed by atoms with Crippen LogP contribution >= 0.6 is 0 Å². The average Bonchev–Trinajstić information content (AvgIpc) is 2.67. The van der Waals surface area contributed by atoms with Gasteiger partial charge in [0.05, 0.1) is 10.6 Å². The number of hydrogen-bond donors (Lipinski definition) is 1. The van der Waals surface area contributed by atoms with E-state index < -0.39 is 10.8 Å². The molecule has 26 heavy (non-hydrogen) atoms. The van der Waals surface area contributed by atoms with Gasteiger partial charge >= 0.3 is 0 Å². The van der Waals surface area contributed by atoms with Crippen LogP contribution in [0.2, 0.25) is 0 Å². The Kier molecular flexibility index (Phi) is 5.14. The van der Waals surface area contributed by atoms with Gasteiger partial charge in [-0.1, -0.05) is 30.3 Å². The van der Waals surface area contributed by atoms with Crippen molar-refractivity contribution < 1.29 is 14.5 Å². The molecular formula is C18H14N4O4. The molecule has 0 atom stereocenters. The van der Waals surface area contributed by atoms with Crippen LogP contribution in [0.1, 0.15) is 0 Å². The number of nitro groups is 1. The van der Waals surface area contributed by atoms with E-state index in [-0.39, 0.29) is 18.2 Å².